The number of benzene rings is 1. The van der Waals surface area contributed by atoms with Gasteiger partial charge in [0.1, 0.15) is 0 Å². The molecule has 2 amide bonds. The highest BCUT2D eigenvalue weighted by Gasteiger charge is 2.25. The average Bonchev–Trinajstić information content (AvgIpc) is 3.10. The van der Waals surface area contributed by atoms with Crippen LogP contribution in [0.25, 0.3) is 0 Å². The van der Waals surface area contributed by atoms with Crippen LogP contribution in [0.2, 0.25) is 0 Å². The van der Waals surface area contributed by atoms with Gasteiger partial charge in [-0.05, 0) is 50.4 Å². The van der Waals surface area contributed by atoms with Gasteiger partial charge < -0.3 is 16.0 Å². The van der Waals surface area contributed by atoms with Crippen LogP contribution in [-0.4, -0.2) is 30.9 Å². The molecular formula is C16H22ClN3O2. The molecule has 0 aromatic heterocycles. The summed E-state index contributed by atoms with van der Waals surface area (Å²) < 4.78 is 0. The summed E-state index contributed by atoms with van der Waals surface area (Å²) in [5, 5.41) is 9.11. The predicted octanol–water partition coefficient (Wildman–Crippen LogP) is 1.86. The molecule has 120 valence electrons. The van der Waals surface area contributed by atoms with Gasteiger partial charge in [-0.1, -0.05) is 6.07 Å². The Labute approximate surface area is 136 Å². The molecule has 3 N–H and O–H groups in total. The monoisotopic (exact) mass is 323 g/mol. The molecule has 0 radical (unpaired) electrons. The Morgan fingerprint density at radius 2 is 2.00 bits per heavy atom. The topological polar surface area (TPSA) is 70.2 Å². The van der Waals surface area contributed by atoms with E-state index >= 15 is 0 Å². The minimum absolute atomic E-state index is 0. The first-order chi connectivity index (χ1) is 10.1. The lowest BCUT2D eigenvalue weighted by Gasteiger charge is -2.13. The number of halogens is 1. The van der Waals surface area contributed by atoms with Crippen molar-refractivity contribution in [2.24, 2.45) is 5.92 Å². The second-order valence-corrected chi connectivity index (χ2v) is 5.96. The van der Waals surface area contributed by atoms with E-state index in [0.717, 1.165) is 43.6 Å². The molecule has 22 heavy (non-hydrogen) atoms. The van der Waals surface area contributed by atoms with Crippen molar-refractivity contribution in [2.75, 3.05) is 18.4 Å². The molecule has 1 aromatic rings. The van der Waals surface area contributed by atoms with E-state index in [4.69, 9.17) is 0 Å². The molecule has 1 heterocycles. The van der Waals surface area contributed by atoms with Crippen molar-refractivity contribution in [1.29, 1.82) is 0 Å². The fraction of sp³-hybridized carbons (Fsp3) is 0.500. The zero-order chi connectivity index (χ0) is 14.8. The lowest BCUT2D eigenvalue weighted by Crippen LogP contribution is -2.27. The van der Waals surface area contributed by atoms with E-state index in [0.29, 0.717) is 11.6 Å². The van der Waals surface area contributed by atoms with Crippen LogP contribution in [0.5, 0.6) is 0 Å². The van der Waals surface area contributed by atoms with Crippen LogP contribution in [0.4, 0.5) is 5.69 Å². The maximum Gasteiger partial charge on any atom is 0.251 e. The van der Waals surface area contributed by atoms with Crippen molar-refractivity contribution in [2.45, 2.75) is 32.2 Å². The highest BCUT2D eigenvalue weighted by molar-refractivity contribution is 5.98. The number of aryl methyl sites for hydroxylation is 1. The highest BCUT2D eigenvalue weighted by Crippen LogP contribution is 2.22. The van der Waals surface area contributed by atoms with E-state index in [-0.39, 0.29) is 30.1 Å². The number of carbonyl (C=O) groups is 2. The number of nitrogens with one attached hydrogen (secondary N) is 3. The molecule has 2 fully saturated rings. The summed E-state index contributed by atoms with van der Waals surface area (Å²) in [6.45, 7) is 3.55. The quantitative estimate of drug-likeness (QED) is 0.792. The van der Waals surface area contributed by atoms with Gasteiger partial charge in [-0.15, -0.1) is 12.4 Å². The van der Waals surface area contributed by atoms with Gasteiger partial charge in [-0.25, -0.2) is 0 Å². The minimum Gasteiger partial charge on any atom is -0.349 e. The van der Waals surface area contributed by atoms with Crippen LogP contribution in [0.15, 0.2) is 18.2 Å². The van der Waals surface area contributed by atoms with Crippen LogP contribution in [0, 0.1) is 12.8 Å². The van der Waals surface area contributed by atoms with Crippen molar-refractivity contribution in [1.82, 2.24) is 10.6 Å². The SMILES string of the molecule is Cc1ccc(C(=O)NC2CC2)cc1NC(=O)C1CCNC1.Cl. The van der Waals surface area contributed by atoms with Gasteiger partial charge in [0.05, 0.1) is 5.92 Å². The number of carbonyl (C=O) groups excluding carboxylic acids is 2. The lowest BCUT2D eigenvalue weighted by molar-refractivity contribution is -0.119. The molecule has 1 aliphatic carbocycles. The van der Waals surface area contributed by atoms with Gasteiger partial charge in [0.2, 0.25) is 5.91 Å². The Hall–Kier alpha value is -1.59. The Bertz CT molecular complexity index is 567. The zero-order valence-electron chi connectivity index (χ0n) is 12.6. The Morgan fingerprint density at radius 1 is 1.23 bits per heavy atom. The largest absolute Gasteiger partial charge is 0.349 e. The van der Waals surface area contributed by atoms with Crippen molar-refractivity contribution in [3.8, 4) is 0 Å². The fourth-order valence-electron chi connectivity index (χ4n) is 2.51. The first kappa shape index (κ1) is 16.8. The smallest absolute Gasteiger partial charge is 0.251 e. The van der Waals surface area contributed by atoms with Crippen LogP contribution in [-0.2, 0) is 4.79 Å². The molecule has 1 atom stereocenters. The molecule has 2 aliphatic rings. The summed E-state index contributed by atoms with van der Waals surface area (Å²) in [7, 11) is 0. The molecule has 1 aliphatic heterocycles. The van der Waals surface area contributed by atoms with Gasteiger partial charge in [0, 0.05) is 23.8 Å². The first-order valence-corrected chi connectivity index (χ1v) is 7.56. The van der Waals surface area contributed by atoms with Gasteiger partial charge in [-0.3, -0.25) is 9.59 Å². The van der Waals surface area contributed by atoms with E-state index in [1.165, 1.54) is 0 Å². The summed E-state index contributed by atoms with van der Waals surface area (Å²) >= 11 is 0. The van der Waals surface area contributed by atoms with Gasteiger partial charge in [-0.2, -0.15) is 0 Å². The van der Waals surface area contributed by atoms with E-state index in [1.54, 1.807) is 12.1 Å². The van der Waals surface area contributed by atoms with Crippen LogP contribution >= 0.6 is 12.4 Å². The summed E-state index contributed by atoms with van der Waals surface area (Å²) in [6, 6.07) is 5.79. The van der Waals surface area contributed by atoms with Crippen molar-refractivity contribution < 1.29 is 9.59 Å². The predicted molar refractivity (Wildman–Crippen MR) is 88.5 cm³/mol. The molecule has 1 aromatic carbocycles. The van der Waals surface area contributed by atoms with Crippen molar-refractivity contribution in [3.63, 3.8) is 0 Å². The molecule has 1 saturated carbocycles. The summed E-state index contributed by atoms with van der Waals surface area (Å²) in [5.74, 6) is -0.00766. The van der Waals surface area contributed by atoms with Crippen LogP contribution in [0.1, 0.15) is 35.2 Å². The van der Waals surface area contributed by atoms with E-state index in [1.807, 2.05) is 13.0 Å². The number of rotatable bonds is 4. The van der Waals surface area contributed by atoms with Crippen molar-refractivity contribution >= 4 is 29.9 Å². The molecule has 1 unspecified atom stereocenters. The fourth-order valence-corrected chi connectivity index (χ4v) is 2.51. The molecule has 0 bridgehead atoms. The first-order valence-electron chi connectivity index (χ1n) is 7.56. The molecule has 0 spiro atoms. The number of amides is 2. The third kappa shape index (κ3) is 3.99. The Balaban J connectivity index is 0.00000176. The average molecular weight is 324 g/mol. The molecule has 1 saturated heterocycles. The Kier molecular flexibility index (Phi) is 5.42. The summed E-state index contributed by atoms with van der Waals surface area (Å²) in [5.41, 5.74) is 2.31. The third-order valence-electron chi connectivity index (χ3n) is 4.10. The van der Waals surface area contributed by atoms with Crippen LogP contribution < -0.4 is 16.0 Å². The second kappa shape index (κ2) is 7.11. The molecular weight excluding hydrogens is 302 g/mol. The van der Waals surface area contributed by atoms with E-state index in [9.17, 15) is 9.59 Å². The summed E-state index contributed by atoms with van der Waals surface area (Å²) in [6.07, 6.45) is 3.00. The number of hydrogen-bond donors (Lipinski definition) is 3. The van der Waals surface area contributed by atoms with E-state index in [2.05, 4.69) is 16.0 Å². The standard InChI is InChI=1S/C16H21N3O2.ClH/c1-10-2-3-11(15(20)18-13-4-5-13)8-14(10)19-16(21)12-6-7-17-9-12;/h2-3,8,12-13,17H,4-7,9H2,1H3,(H,18,20)(H,19,21);1H. The lowest BCUT2D eigenvalue weighted by atomic mass is 10.1. The van der Waals surface area contributed by atoms with Crippen LogP contribution in [0.3, 0.4) is 0 Å². The number of hydrogen-bond acceptors (Lipinski definition) is 3. The van der Waals surface area contributed by atoms with Gasteiger partial charge in [0.15, 0.2) is 0 Å². The zero-order valence-corrected chi connectivity index (χ0v) is 13.5. The minimum atomic E-state index is -0.0597. The number of anilines is 1. The summed E-state index contributed by atoms with van der Waals surface area (Å²) in [4.78, 5) is 24.3. The van der Waals surface area contributed by atoms with Crippen molar-refractivity contribution in [3.05, 3.63) is 29.3 Å². The van der Waals surface area contributed by atoms with E-state index < -0.39 is 0 Å². The van der Waals surface area contributed by atoms with Gasteiger partial charge >= 0.3 is 0 Å². The molecule has 3 rings (SSSR count). The molecule has 5 nitrogen and oxygen atoms in total. The highest BCUT2D eigenvalue weighted by atomic mass is 35.5. The normalized spacial score (nSPS) is 20.1. The third-order valence-corrected chi connectivity index (χ3v) is 4.10. The molecule has 6 heteroatoms. The Morgan fingerprint density at radius 3 is 2.64 bits per heavy atom. The maximum absolute atomic E-state index is 12.2. The maximum atomic E-state index is 12.2. The van der Waals surface area contributed by atoms with Gasteiger partial charge in [0.25, 0.3) is 5.91 Å². The second-order valence-electron chi connectivity index (χ2n) is 5.96.